The van der Waals surface area contributed by atoms with E-state index in [-0.39, 0.29) is 5.91 Å². The van der Waals surface area contributed by atoms with E-state index in [1.165, 1.54) is 6.07 Å². The molecule has 1 aromatic carbocycles. The summed E-state index contributed by atoms with van der Waals surface area (Å²) < 4.78 is 13.9. The number of hydrogen-bond donors (Lipinski definition) is 1. The third-order valence-corrected chi connectivity index (χ3v) is 3.59. The molecule has 18 heavy (non-hydrogen) atoms. The summed E-state index contributed by atoms with van der Waals surface area (Å²) in [7, 11) is 0. The third-order valence-electron chi connectivity index (χ3n) is 3.59. The molecule has 2 rings (SSSR count). The van der Waals surface area contributed by atoms with E-state index in [2.05, 4.69) is 0 Å². The van der Waals surface area contributed by atoms with Crippen LogP contribution in [0.4, 0.5) is 10.1 Å². The van der Waals surface area contributed by atoms with Crippen LogP contribution in [0.25, 0.3) is 0 Å². The molecule has 0 spiro atoms. The number of nitrogens with two attached hydrogens (primary N) is 1. The minimum absolute atomic E-state index is 0.0105. The number of hydrogen-bond acceptors (Lipinski definition) is 2. The molecule has 1 saturated heterocycles. The predicted octanol–water partition coefficient (Wildman–Crippen LogP) is 2.31. The molecule has 1 heterocycles. The van der Waals surface area contributed by atoms with Crippen molar-refractivity contribution in [1.82, 2.24) is 4.90 Å². The average molecular weight is 250 g/mol. The molecule has 4 heteroatoms. The molecule has 0 aromatic heterocycles. The maximum Gasteiger partial charge on any atom is 0.232 e. The van der Waals surface area contributed by atoms with Gasteiger partial charge in [0.05, 0.1) is 5.41 Å². The molecule has 0 unspecified atom stereocenters. The Kier molecular flexibility index (Phi) is 3.28. The standard InChI is InChI=1S/C14H19FN2O/c1-14(2,13(18)17-7-3-4-8-17)11-6-5-10(16)9-12(11)15/h5-6,9H,3-4,7-8,16H2,1-2H3. The van der Waals surface area contributed by atoms with Crippen molar-refractivity contribution in [3.63, 3.8) is 0 Å². The van der Waals surface area contributed by atoms with E-state index in [4.69, 9.17) is 5.73 Å². The second kappa shape index (κ2) is 4.59. The van der Waals surface area contributed by atoms with E-state index in [9.17, 15) is 9.18 Å². The zero-order chi connectivity index (χ0) is 13.3. The van der Waals surface area contributed by atoms with Gasteiger partial charge in [-0.3, -0.25) is 4.79 Å². The maximum atomic E-state index is 13.9. The lowest BCUT2D eigenvalue weighted by molar-refractivity contribution is -0.135. The Hall–Kier alpha value is -1.58. The van der Waals surface area contributed by atoms with Crippen molar-refractivity contribution < 1.29 is 9.18 Å². The molecule has 0 saturated carbocycles. The summed E-state index contributed by atoms with van der Waals surface area (Å²) in [6.45, 7) is 5.09. The van der Waals surface area contributed by atoms with Crippen molar-refractivity contribution in [2.45, 2.75) is 32.1 Å². The molecule has 1 aliphatic heterocycles. The number of carbonyl (C=O) groups excluding carboxylic acids is 1. The highest BCUT2D eigenvalue weighted by molar-refractivity contribution is 5.87. The summed E-state index contributed by atoms with van der Waals surface area (Å²) in [4.78, 5) is 14.2. The topological polar surface area (TPSA) is 46.3 Å². The van der Waals surface area contributed by atoms with Gasteiger partial charge >= 0.3 is 0 Å². The Balaban J connectivity index is 2.31. The number of amides is 1. The molecule has 3 nitrogen and oxygen atoms in total. The highest BCUT2D eigenvalue weighted by Crippen LogP contribution is 2.30. The predicted molar refractivity (Wildman–Crippen MR) is 69.7 cm³/mol. The SMILES string of the molecule is CC(C)(C(=O)N1CCCC1)c1ccc(N)cc1F. The first kappa shape index (κ1) is 12.9. The van der Waals surface area contributed by atoms with Gasteiger partial charge in [-0.25, -0.2) is 4.39 Å². The Labute approximate surface area is 107 Å². The van der Waals surface area contributed by atoms with Crippen LogP contribution >= 0.6 is 0 Å². The van der Waals surface area contributed by atoms with E-state index in [1.54, 1.807) is 26.0 Å². The lowest BCUT2D eigenvalue weighted by atomic mass is 9.82. The van der Waals surface area contributed by atoms with Crippen LogP contribution in [-0.2, 0) is 10.2 Å². The molecule has 0 bridgehead atoms. The number of halogens is 1. The van der Waals surface area contributed by atoms with E-state index in [1.807, 2.05) is 4.90 Å². The van der Waals surface area contributed by atoms with Crippen LogP contribution in [-0.4, -0.2) is 23.9 Å². The van der Waals surface area contributed by atoms with Crippen LogP contribution in [0.1, 0.15) is 32.3 Å². The summed E-state index contributed by atoms with van der Waals surface area (Å²) in [5, 5.41) is 0. The minimum Gasteiger partial charge on any atom is -0.399 e. The summed E-state index contributed by atoms with van der Waals surface area (Å²) in [6, 6.07) is 4.52. The fraction of sp³-hybridized carbons (Fsp3) is 0.500. The molecule has 0 radical (unpaired) electrons. The van der Waals surface area contributed by atoms with Crippen LogP contribution in [0, 0.1) is 5.82 Å². The quantitative estimate of drug-likeness (QED) is 0.819. The highest BCUT2D eigenvalue weighted by Gasteiger charge is 2.36. The van der Waals surface area contributed by atoms with Gasteiger partial charge in [0.15, 0.2) is 0 Å². The highest BCUT2D eigenvalue weighted by atomic mass is 19.1. The minimum atomic E-state index is -0.845. The van der Waals surface area contributed by atoms with Crippen LogP contribution in [0.2, 0.25) is 0 Å². The monoisotopic (exact) mass is 250 g/mol. The van der Waals surface area contributed by atoms with Crippen LogP contribution in [0.3, 0.4) is 0 Å². The lowest BCUT2D eigenvalue weighted by Gasteiger charge is -2.29. The lowest BCUT2D eigenvalue weighted by Crippen LogP contribution is -2.42. The second-order valence-corrected chi connectivity index (χ2v) is 5.36. The Bertz CT molecular complexity index is 465. The molecule has 0 aliphatic carbocycles. The summed E-state index contributed by atoms with van der Waals surface area (Å²) in [5.74, 6) is -0.420. The van der Waals surface area contributed by atoms with Crippen LogP contribution < -0.4 is 5.73 Å². The zero-order valence-electron chi connectivity index (χ0n) is 10.9. The number of anilines is 1. The van der Waals surface area contributed by atoms with E-state index in [0.717, 1.165) is 25.9 Å². The zero-order valence-corrected chi connectivity index (χ0v) is 10.9. The fourth-order valence-corrected chi connectivity index (χ4v) is 2.47. The summed E-state index contributed by atoms with van der Waals surface area (Å²) >= 11 is 0. The van der Waals surface area contributed by atoms with Gasteiger partial charge in [-0.15, -0.1) is 0 Å². The number of benzene rings is 1. The van der Waals surface area contributed by atoms with Gasteiger partial charge in [0.25, 0.3) is 0 Å². The van der Waals surface area contributed by atoms with Crippen molar-refractivity contribution in [3.8, 4) is 0 Å². The van der Waals surface area contributed by atoms with Gasteiger partial charge in [0.2, 0.25) is 5.91 Å². The van der Waals surface area contributed by atoms with Crippen LogP contribution in [0.15, 0.2) is 18.2 Å². The van der Waals surface area contributed by atoms with E-state index >= 15 is 0 Å². The Morgan fingerprint density at radius 2 is 1.94 bits per heavy atom. The van der Waals surface area contributed by atoms with Gasteiger partial charge in [0, 0.05) is 24.3 Å². The number of carbonyl (C=O) groups is 1. The fourth-order valence-electron chi connectivity index (χ4n) is 2.47. The number of likely N-dealkylation sites (tertiary alicyclic amines) is 1. The molecule has 2 N–H and O–H groups in total. The van der Waals surface area contributed by atoms with Crippen molar-refractivity contribution in [1.29, 1.82) is 0 Å². The van der Waals surface area contributed by atoms with Crippen molar-refractivity contribution in [2.24, 2.45) is 0 Å². The molecule has 1 amide bonds. The third kappa shape index (κ3) is 2.19. The molecule has 1 fully saturated rings. The van der Waals surface area contributed by atoms with E-state index < -0.39 is 11.2 Å². The average Bonchev–Trinajstić information content (AvgIpc) is 2.80. The molecular formula is C14H19FN2O. The molecule has 0 atom stereocenters. The van der Waals surface area contributed by atoms with Crippen LogP contribution in [0.5, 0.6) is 0 Å². The largest absolute Gasteiger partial charge is 0.399 e. The van der Waals surface area contributed by atoms with Crippen molar-refractivity contribution in [3.05, 3.63) is 29.6 Å². The summed E-state index contributed by atoms with van der Waals surface area (Å²) in [5.41, 5.74) is 5.47. The first-order chi connectivity index (χ1) is 8.43. The first-order valence-corrected chi connectivity index (χ1v) is 6.28. The molecule has 1 aliphatic rings. The van der Waals surface area contributed by atoms with Gasteiger partial charge in [-0.05, 0) is 38.8 Å². The van der Waals surface area contributed by atoms with Gasteiger partial charge in [0.1, 0.15) is 5.82 Å². The number of nitrogen functional groups attached to an aromatic ring is 1. The second-order valence-electron chi connectivity index (χ2n) is 5.36. The van der Waals surface area contributed by atoms with Gasteiger partial charge in [-0.2, -0.15) is 0 Å². The molecule has 98 valence electrons. The van der Waals surface area contributed by atoms with E-state index in [0.29, 0.717) is 11.3 Å². The Morgan fingerprint density at radius 1 is 1.33 bits per heavy atom. The maximum absolute atomic E-state index is 13.9. The molecular weight excluding hydrogens is 231 g/mol. The van der Waals surface area contributed by atoms with Gasteiger partial charge < -0.3 is 10.6 Å². The van der Waals surface area contributed by atoms with Gasteiger partial charge in [-0.1, -0.05) is 6.07 Å². The normalized spacial score (nSPS) is 16.1. The number of nitrogens with zero attached hydrogens (tertiary/aromatic N) is 1. The smallest absolute Gasteiger partial charge is 0.232 e. The van der Waals surface area contributed by atoms with Crippen molar-refractivity contribution >= 4 is 11.6 Å². The van der Waals surface area contributed by atoms with Crippen molar-refractivity contribution in [2.75, 3.05) is 18.8 Å². The molecule has 1 aromatic rings. The number of rotatable bonds is 2. The summed E-state index contributed by atoms with van der Waals surface area (Å²) in [6.07, 6.45) is 2.07. The Morgan fingerprint density at radius 3 is 2.50 bits per heavy atom. The first-order valence-electron chi connectivity index (χ1n) is 6.28.